The van der Waals surface area contributed by atoms with Gasteiger partial charge in [-0.15, -0.1) is 0 Å². The fourth-order valence-electron chi connectivity index (χ4n) is 2.08. The molecule has 0 saturated heterocycles. The van der Waals surface area contributed by atoms with Gasteiger partial charge in [0.2, 0.25) is 0 Å². The Hall–Kier alpha value is -2.37. The number of carbonyl (C=O) groups excluding carboxylic acids is 1. The van der Waals surface area contributed by atoms with Gasteiger partial charge in [-0.3, -0.25) is 10.4 Å². The van der Waals surface area contributed by atoms with Gasteiger partial charge < -0.3 is 16.4 Å². The molecule has 1 aliphatic rings. The molecule has 0 aliphatic carbocycles. The number of primary amides is 1. The first-order valence-corrected chi connectivity index (χ1v) is 6.03. The molecule has 0 aromatic carbocycles. The van der Waals surface area contributed by atoms with E-state index in [9.17, 15) is 4.79 Å². The summed E-state index contributed by atoms with van der Waals surface area (Å²) in [7, 11) is 0. The number of aromatic nitrogens is 1. The maximum atomic E-state index is 11.2. The number of carbonyl (C=O) groups is 1. The smallest absolute Gasteiger partial charge is 0.315 e. The molecule has 5 N–H and O–H groups in total. The highest BCUT2D eigenvalue weighted by molar-refractivity contribution is 6.11. The molecule has 2 amide bonds. The summed E-state index contributed by atoms with van der Waals surface area (Å²) in [5.41, 5.74) is 14.5. The van der Waals surface area contributed by atoms with Crippen molar-refractivity contribution in [1.29, 1.82) is 5.41 Å². The number of hydrogen-bond donors (Lipinski definition) is 3. The molecule has 19 heavy (non-hydrogen) atoms. The fraction of sp³-hybridized carbons (Fsp3) is 0.308. The zero-order chi connectivity index (χ0) is 14.0. The average molecular weight is 263 g/mol. The lowest BCUT2D eigenvalue weighted by Gasteiger charge is -2.28. The molecule has 0 radical (unpaired) electrons. The number of urea groups is 1. The van der Waals surface area contributed by atoms with Crippen LogP contribution < -0.4 is 11.5 Å². The average Bonchev–Trinajstić information content (AvgIpc) is 2.38. The summed E-state index contributed by atoms with van der Waals surface area (Å²) in [5, 5.41) is 8.24. The van der Waals surface area contributed by atoms with Crippen molar-refractivity contribution in [1.82, 2.24) is 9.88 Å². The lowest BCUT2D eigenvalue weighted by atomic mass is 9.97. The van der Waals surface area contributed by atoms with Crippen LogP contribution >= 0.6 is 0 Å². The Morgan fingerprint density at radius 3 is 2.95 bits per heavy atom. The van der Waals surface area contributed by atoms with Gasteiger partial charge in [0.15, 0.2) is 0 Å². The minimum atomic E-state index is -0.483. The van der Waals surface area contributed by atoms with Crippen LogP contribution in [0.4, 0.5) is 4.79 Å². The zero-order valence-corrected chi connectivity index (χ0v) is 10.8. The molecule has 1 aliphatic heterocycles. The second-order valence-corrected chi connectivity index (χ2v) is 4.57. The summed E-state index contributed by atoms with van der Waals surface area (Å²) in [6.07, 6.45) is 2.20. The van der Waals surface area contributed by atoms with Gasteiger partial charge in [0.1, 0.15) is 0 Å². The van der Waals surface area contributed by atoms with Crippen LogP contribution in [0.25, 0.3) is 0 Å². The Morgan fingerprint density at radius 1 is 1.58 bits per heavy atom. The summed E-state index contributed by atoms with van der Waals surface area (Å²) in [5.74, 6) is 0. The number of nitrogens with two attached hydrogens (primary N) is 2. The van der Waals surface area contributed by atoms with E-state index in [1.54, 1.807) is 12.3 Å². The summed E-state index contributed by atoms with van der Waals surface area (Å²) in [6.45, 7) is 2.67. The third-order valence-corrected chi connectivity index (χ3v) is 3.19. The quantitative estimate of drug-likeness (QED) is 0.698. The molecule has 0 bridgehead atoms. The van der Waals surface area contributed by atoms with E-state index in [4.69, 9.17) is 16.9 Å². The van der Waals surface area contributed by atoms with E-state index in [0.717, 1.165) is 11.3 Å². The number of nitrogens with one attached hydrogen (secondary N) is 1. The number of hydrogen-bond acceptors (Lipinski definition) is 4. The number of rotatable bonds is 2. The van der Waals surface area contributed by atoms with Crippen LogP contribution in [0.15, 0.2) is 29.6 Å². The van der Waals surface area contributed by atoms with Crippen molar-refractivity contribution in [3.63, 3.8) is 0 Å². The molecular weight excluding hydrogens is 242 g/mol. The van der Waals surface area contributed by atoms with Gasteiger partial charge in [-0.2, -0.15) is 0 Å². The second kappa shape index (κ2) is 5.09. The highest BCUT2D eigenvalue weighted by Crippen LogP contribution is 2.18. The maximum Gasteiger partial charge on any atom is 0.315 e. The Morgan fingerprint density at radius 2 is 2.32 bits per heavy atom. The van der Waals surface area contributed by atoms with Gasteiger partial charge in [0, 0.05) is 44.5 Å². The SMILES string of the molecule is Cc1cc(C(=N)C2=C(N)CCN(C(N)=O)C2)ccn1.[HH].[HH]. The van der Waals surface area contributed by atoms with Gasteiger partial charge in [-0.05, 0) is 19.1 Å². The van der Waals surface area contributed by atoms with Crippen molar-refractivity contribution in [2.75, 3.05) is 13.1 Å². The molecule has 0 atom stereocenters. The van der Waals surface area contributed by atoms with E-state index in [2.05, 4.69) is 4.98 Å². The van der Waals surface area contributed by atoms with Crippen molar-refractivity contribution in [3.05, 3.63) is 40.9 Å². The van der Waals surface area contributed by atoms with Crippen LogP contribution in [-0.2, 0) is 0 Å². The van der Waals surface area contributed by atoms with Crippen LogP contribution in [-0.4, -0.2) is 34.7 Å². The molecule has 0 unspecified atom stereocenters. The molecule has 104 valence electrons. The Labute approximate surface area is 114 Å². The predicted molar refractivity (Wildman–Crippen MR) is 77.0 cm³/mol. The van der Waals surface area contributed by atoms with E-state index in [1.807, 2.05) is 13.0 Å². The van der Waals surface area contributed by atoms with E-state index >= 15 is 0 Å². The van der Waals surface area contributed by atoms with Crippen LogP contribution in [0, 0.1) is 12.3 Å². The molecule has 6 nitrogen and oxygen atoms in total. The van der Waals surface area contributed by atoms with Crippen molar-refractivity contribution in [2.45, 2.75) is 13.3 Å². The Balaban J connectivity index is 0.00000200. The topological polar surface area (TPSA) is 109 Å². The molecule has 0 fully saturated rings. The van der Waals surface area contributed by atoms with E-state index in [-0.39, 0.29) is 2.85 Å². The van der Waals surface area contributed by atoms with Gasteiger partial charge in [0.05, 0.1) is 12.3 Å². The van der Waals surface area contributed by atoms with Crippen LogP contribution in [0.2, 0.25) is 0 Å². The van der Waals surface area contributed by atoms with Gasteiger partial charge in [-0.25, -0.2) is 4.79 Å². The molecule has 1 aromatic rings. The predicted octanol–water partition coefficient (Wildman–Crippen LogP) is 1.25. The second-order valence-electron chi connectivity index (χ2n) is 4.57. The normalized spacial score (nSPS) is 15.5. The monoisotopic (exact) mass is 263 g/mol. The van der Waals surface area contributed by atoms with Gasteiger partial charge >= 0.3 is 6.03 Å². The van der Waals surface area contributed by atoms with Gasteiger partial charge in [0.25, 0.3) is 0 Å². The largest absolute Gasteiger partial charge is 0.402 e. The summed E-state index contributed by atoms with van der Waals surface area (Å²) in [4.78, 5) is 16.8. The number of aryl methyl sites for hydroxylation is 1. The minimum absolute atomic E-state index is 0. The number of amides is 2. The lowest BCUT2D eigenvalue weighted by Crippen LogP contribution is -2.42. The number of nitrogens with zero attached hydrogens (tertiary/aromatic N) is 2. The molecule has 2 rings (SSSR count). The Bertz CT molecular complexity index is 573. The Kier molecular flexibility index (Phi) is 3.50. The van der Waals surface area contributed by atoms with Crippen molar-refractivity contribution < 1.29 is 7.65 Å². The summed E-state index contributed by atoms with van der Waals surface area (Å²) >= 11 is 0. The van der Waals surface area contributed by atoms with E-state index in [0.29, 0.717) is 36.5 Å². The van der Waals surface area contributed by atoms with Crippen molar-refractivity contribution >= 4 is 11.7 Å². The summed E-state index contributed by atoms with van der Waals surface area (Å²) in [6, 6.07) is 3.11. The highest BCUT2D eigenvalue weighted by atomic mass is 16.2. The first-order valence-electron chi connectivity index (χ1n) is 6.03. The third-order valence-electron chi connectivity index (χ3n) is 3.19. The fourth-order valence-corrected chi connectivity index (χ4v) is 2.08. The van der Waals surface area contributed by atoms with Crippen LogP contribution in [0.5, 0.6) is 0 Å². The zero-order valence-electron chi connectivity index (χ0n) is 10.8. The molecule has 0 saturated carbocycles. The van der Waals surface area contributed by atoms with Crippen LogP contribution in [0.1, 0.15) is 20.5 Å². The third kappa shape index (κ3) is 2.73. The lowest BCUT2D eigenvalue weighted by molar-refractivity contribution is 0.210. The standard InChI is InChI=1S/C13H17N5O.2H2/c1-8-6-9(2-4-17-8)12(15)10-7-18(13(16)19)5-3-11(10)14;;/h2,4,6,15H,3,5,7,14H2,1H3,(H2,16,19);2*1H. The highest BCUT2D eigenvalue weighted by Gasteiger charge is 2.23. The summed E-state index contributed by atoms with van der Waals surface area (Å²) < 4.78 is 0. The van der Waals surface area contributed by atoms with Crippen molar-refractivity contribution in [3.8, 4) is 0 Å². The molecule has 6 heteroatoms. The maximum absolute atomic E-state index is 11.2. The van der Waals surface area contributed by atoms with Crippen LogP contribution in [0.3, 0.4) is 0 Å². The minimum Gasteiger partial charge on any atom is -0.402 e. The first-order chi connectivity index (χ1) is 8.99. The molecule has 0 spiro atoms. The first kappa shape index (κ1) is 13.1. The van der Waals surface area contributed by atoms with E-state index < -0.39 is 6.03 Å². The molecular formula is C13H21N5O. The van der Waals surface area contributed by atoms with Gasteiger partial charge in [-0.1, -0.05) is 0 Å². The molecule has 2 heterocycles. The van der Waals surface area contributed by atoms with E-state index in [1.165, 1.54) is 4.90 Å². The molecule has 1 aromatic heterocycles. The van der Waals surface area contributed by atoms with Crippen molar-refractivity contribution in [2.24, 2.45) is 11.5 Å². The number of pyridine rings is 1.